The Morgan fingerprint density at radius 3 is 2.60 bits per heavy atom. The summed E-state index contributed by atoms with van der Waals surface area (Å²) in [6.07, 6.45) is 0.873. The van der Waals surface area contributed by atoms with Gasteiger partial charge in [-0.25, -0.2) is 4.39 Å². The van der Waals surface area contributed by atoms with E-state index in [1.807, 2.05) is 13.0 Å². The number of para-hydroxylation sites is 1. The first-order valence-corrected chi connectivity index (χ1v) is 6.66. The third kappa shape index (κ3) is 3.05. The zero-order chi connectivity index (χ0) is 14.5. The van der Waals surface area contributed by atoms with Gasteiger partial charge in [-0.3, -0.25) is 4.79 Å². The maximum Gasteiger partial charge on any atom is 0.197 e. The van der Waals surface area contributed by atoms with Crippen molar-refractivity contribution in [2.45, 2.75) is 20.3 Å². The fourth-order valence-electron chi connectivity index (χ4n) is 2.02. The molecular weight excluding hydrogens is 255 g/mol. The second-order valence-electron chi connectivity index (χ2n) is 4.63. The van der Waals surface area contributed by atoms with Crippen molar-refractivity contribution in [1.29, 1.82) is 0 Å². The number of hydrogen-bond acceptors (Lipinski definition) is 2. The van der Waals surface area contributed by atoms with E-state index in [4.69, 9.17) is 4.74 Å². The number of carbonyl (C=O) groups excluding carboxylic acids is 1. The zero-order valence-corrected chi connectivity index (χ0v) is 11.7. The van der Waals surface area contributed by atoms with Gasteiger partial charge in [0.25, 0.3) is 0 Å². The highest BCUT2D eigenvalue weighted by Gasteiger charge is 2.16. The first-order valence-electron chi connectivity index (χ1n) is 6.66. The van der Waals surface area contributed by atoms with Gasteiger partial charge in [0, 0.05) is 5.56 Å². The Labute approximate surface area is 118 Å². The average molecular weight is 272 g/mol. The minimum Gasteiger partial charge on any atom is -0.493 e. The third-order valence-electron chi connectivity index (χ3n) is 3.03. The lowest BCUT2D eigenvalue weighted by molar-refractivity contribution is 0.103. The van der Waals surface area contributed by atoms with E-state index in [0.717, 1.165) is 6.42 Å². The van der Waals surface area contributed by atoms with Crippen LogP contribution in [0.2, 0.25) is 0 Å². The Hall–Kier alpha value is -2.16. The number of hydrogen-bond donors (Lipinski definition) is 0. The maximum absolute atomic E-state index is 13.1. The first-order chi connectivity index (χ1) is 9.63. The van der Waals surface area contributed by atoms with Crippen LogP contribution in [0.4, 0.5) is 4.39 Å². The highest BCUT2D eigenvalue weighted by atomic mass is 19.1. The molecule has 3 heteroatoms. The van der Waals surface area contributed by atoms with Crippen LogP contribution in [-0.4, -0.2) is 12.4 Å². The monoisotopic (exact) mass is 272 g/mol. The van der Waals surface area contributed by atoms with Gasteiger partial charge in [-0.05, 0) is 49.2 Å². The van der Waals surface area contributed by atoms with Crippen LogP contribution in [0.15, 0.2) is 42.5 Å². The Bertz CT molecular complexity index is 620. The van der Waals surface area contributed by atoms with Crippen molar-refractivity contribution < 1.29 is 13.9 Å². The predicted molar refractivity (Wildman–Crippen MR) is 76.8 cm³/mol. The van der Waals surface area contributed by atoms with Crippen molar-refractivity contribution in [2.75, 3.05) is 6.61 Å². The topological polar surface area (TPSA) is 26.3 Å². The molecule has 0 aliphatic heterocycles. The van der Waals surface area contributed by atoms with E-state index in [0.29, 0.717) is 29.0 Å². The SMILES string of the molecule is CCCOc1ccccc1C(=O)c1ccc(F)cc1C. The lowest BCUT2D eigenvalue weighted by atomic mass is 9.98. The van der Waals surface area contributed by atoms with Crippen molar-refractivity contribution in [3.8, 4) is 5.75 Å². The third-order valence-corrected chi connectivity index (χ3v) is 3.03. The quantitative estimate of drug-likeness (QED) is 0.764. The fraction of sp³-hybridized carbons (Fsp3) is 0.235. The van der Waals surface area contributed by atoms with Crippen LogP contribution in [0.5, 0.6) is 5.75 Å². The van der Waals surface area contributed by atoms with E-state index in [9.17, 15) is 9.18 Å². The summed E-state index contributed by atoms with van der Waals surface area (Å²) in [4.78, 5) is 12.6. The summed E-state index contributed by atoms with van der Waals surface area (Å²) in [7, 11) is 0. The van der Waals surface area contributed by atoms with Crippen LogP contribution in [0, 0.1) is 12.7 Å². The lowest BCUT2D eigenvalue weighted by Crippen LogP contribution is -2.07. The van der Waals surface area contributed by atoms with Gasteiger partial charge in [0.15, 0.2) is 5.78 Å². The molecule has 0 radical (unpaired) electrons. The van der Waals surface area contributed by atoms with Crippen molar-refractivity contribution >= 4 is 5.78 Å². The zero-order valence-electron chi connectivity index (χ0n) is 11.7. The van der Waals surface area contributed by atoms with Crippen molar-refractivity contribution in [1.82, 2.24) is 0 Å². The molecule has 0 aliphatic carbocycles. The molecule has 0 atom stereocenters. The molecule has 0 bridgehead atoms. The summed E-state index contributed by atoms with van der Waals surface area (Å²) >= 11 is 0. The molecule has 0 spiro atoms. The van der Waals surface area contributed by atoms with Gasteiger partial charge in [0.05, 0.1) is 12.2 Å². The van der Waals surface area contributed by atoms with Crippen LogP contribution >= 0.6 is 0 Å². The number of aryl methyl sites for hydroxylation is 1. The lowest BCUT2D eigenvalue weighted by Gasteiger charge is -2.11. The second-order valence-corrected chi connectivity index (χ2v) is 4.63. The first kappa shape index (κ1) is 14.3. The number of carbonyl (C=O) groups is 1. The molecule has 0 N–H and O–H groups in total. The van der Waals surface area contributed by atoms with Gasteiger partial charge in [0.1, 0.15) is 11.6 Å². The summed E-state index contributed by atoms with van der Waals surface area (Å²) in [5, 5.41) is 0. The van der Waals surface area contributed by atoms with Crippen LogP contribution < -0.4 is 4.74 Å². The van der Waals surface area contributed by atoms with Crippen LogP contribution in [-0.2, 0) is 0 Å². The smallest absolute Gasteiger partial charge is 0.197 e. The Morgan fingerprint density at radius 1 is 1.15 bits per heavy atom. The molecule has 2 aromatic rings. The molecular formula is C17H17FO2. The average Bonchev–Trinajstić information content (AvgIpc) is 2.45. The second kappa shape index (κ2) is 6.33. The molecule has 0 saturated carbocycles. The van der Waals surface area contributed by atoms with Crippen molar-refractivity contribution in [3.05, 3.63) is 65.0 Å². The molecule has 0 fully saturated rings. The molecule has 20 heavy (non-hydrogen) atoms. The molecule has 0 aliphatic rings. The summed E-state index contributed by atoms with van der Waals surface area (Å²) < 4.78 is 18.7. The van der Waals surface area contributed by atoms with Crippen LogP contribution in [0.25, 0.3) is 0 Å². The van der Waals surface area contributed by atoms with E-state index in [2.05, 4.69) is 0 Å². The molecule has 0 heterocycles. The summed E-state index contributed by atoms with van der Waals surface area (Å²) in [5.74, 6) is 0.0897. The highest BCUT2D eigenvalue weighted by Crippen LogP contribution is 2.23. The highest BCUT2D eigenvalue weighted by molar-refractivity contribution is 6.11. The summed E-state index contributed by atoms with van der Waals surface area (Å²) in [6, 6.07) is 11.3. The molecule has 2 nitrogen and oxygen atoms in total. The fourth-order valence-corrected chi connectivity index (χ4v) is 2.02. The van der Waals surface area contributed by atoms with Gasteiger partial charge < -0.3 is 4.74 Å². The van der Waals surface area contributed by atoms with Crippen molar-refractivity contribution in [2.24, 2.45) is 0 Å². The van der Waals surface area contributed by atoms with Gasteiger partial charge in [0.2, 0.25) is 0 Å². The Morgan fingerprint density at radius 2 is 1.90 bits per heavy atom. The van der Waals surface area contributed by atoms with Crippen LogP contribution in [0.3, 0.4) is 0 Å². The van der Waals surface area contributed by atoms with Crippen LogP contribution in [0.1, 0.15) is 34.8 Å². The summed E-state index contributed by atoms with van der Waals surface area (Å²) in [6.45, 7) is 4.30. The van der Waals surface area contributed by atoms with Crippen molar-refractivity contribution in [3.63, 3.8) is 0 Å². The largest absolute Gasteiger partial charge is 0.493 e. The van der Waals surface area contributed by atoms with E-state index in [1.54, 1.807) is 25.1 Å². The minimum absolute atomic E-state index is 0.144. The molecule has 0 unspecified atom stereocenters. The van der Waals surface area contributed by atoms with E-state index in [1.165, 1.54) is 18.2 Å². The summed E-state index contributed by atoms with van der Waals surface area (Å²) in [5.41, 5.74) is 1.63. The van der Waals surface area contributed by atoms with Gasteiger partial charge >= 0.3 is 0 Å². The Balaban J connectivity index is 2.38. The number of ketones is 1. The molecule has 0 aromatic heterocycles. The molecule has 0 amide bonds. The maximum atomic E-state index is 13.1. The number of ether oxygens (including phenoxy) is 1. The molecule has 104 valence electrons. The van der Waals surface area contributed by atoms with E-state index in [-0.39, 0.29) is 11.6 Å². The number of halogens is 1. The predicted octanol–water partition coefficient (Wildman–Crippen LogP) is 4.15. The van der Waals surface area contributed by atoms with Gasteiger partial charge in [-0.15, -0.1) is 0 Å². The van der Waals surface area contributed by atoms with Gasteiger partial charge in [-0.2, -0.15) is 0 Å². The number of rotatable bonds is 5. The van der Waals surface area contributed by atoms with E-state index < -0.39 is 0 Å². The molecule has 2 aromatic carbocycles. The Kier molecular flexibility index (Phi) is 4.51. The number of benzene rings is 2. The van der Waals surface area contributed by atoms with E-state index >= 15 is 0 Å². The normalized spacial score (nSPS) is 10.3. The standard InChI is InChI=1S/C17H17FO2/c1-3-10-20-16-7-5-4-6-15(16)17(19)14-9-8-13(18)11-12(14)2/h4-9,11H,3,10H2,1-2H3. The van der Waals surface area contributed by atoms with Gasteiger partial charge in [-0.1, -0.05) is 19.1 Å². The molecule has 0 saturated heterocycles. The minimum atomic E-state index is -0.338. The molecule has 2 rings (SSSR count).